The van der Waals surface area contributed by atoms with Crippen molar-refractivity contribution in [1.82, 2.24) is 4.98 Å². The van der Waals surface area contributed by atoms with E-state index in [9.17, 15) is 5.26 Å². The maximum Gasteiger partial charge on any atom is 0.142 e. The van der Waals surface area contributed by atoms with Gasteiger partial charge in [-0.15, -0.1) is 0 Å². The van der Waals surface area contributed by atoms with Gasteiger partial charge in [0.2, 0.25) is 0 Å². The van der Waals surface area contributed by atoms with Crippen LogP contribution in [0.1, 0.15) is 12.5 Å². The van der Waals surface area contributed by atoms with Crippen LogP contribution in [-0.2, 0) is 0 Å². The molecule has 32 heavy (non-hydrogen) atoms. The van der Waals surface area contributed by atoms with Crippen LogP contribution in [0.25, 0.3) is 22.4 Å². The van der Waals surface area contributed by atoms with Gasteiger partial charge in [0.05, 0.1) is 12.3 Å². The van der Waals surface area contributed by atoms with Gasteiger partial charge in [-0.1, -0.05) is 34.1 Å². The smallest absolute Gasteiger partial charge is 0.142 e. The molecule has 0 saturated heterocycles. The Balaban J connectivity index is 1.75. The van der Waals surface area contributed by atoms with Crippen LogP contribution < -0.4 is 15.2 Å². The Hall–Kier alpha value is -3.82. The molecular formula is C26H20BrN3O2. The number of hydrogen-bond acceptors (Lipinski definition) is 5. The van der Waals surface area contributed by atoms with Gasteiger partial charge in [0.25, 0.3) is 0 Å². The Morgan fingerprint density at radius 3 is 2.34 bits per heavy atom. The zero-order valence-corrected chi connectivity index (χ0v) is 19.0. The molecule has 0 spiro atoms. The molecule has 0 saturated carbocycles. The highest BCUT2D eigenvalue weighted by Crippen LogP contribution is 2.38. The van der Waals surface area contributed by atoms with Crippen molar-refractivity contribution in [3.63, 3.8) is 0 Å². The summed E-state index contributed by atoms with van der Waals surface area (Å²) in [6.07, 6.45) is 0. The molecule has 0 aliphatic carbocycles. The Morgan fingerprint density at radius 2 is 1.66 bits per heavy atom. The minimum atomic E-state index is 0.173. The number of hydrogen-bond donors (Lipinski definition) is 1. The van der Waals surface area contributed by atoms with Crippen LogP contribution in [0.15, 0.2) is 83.3 Å². The lowest BCUT2D eigenvalue weighted by molar-refractivity contribution is 0.341. The van der Waals surface area contributed by atoms with Crippen molar-refractivity contribution in [3.05, 3.63) is 88.9 Å². The molecule has 2 N–H and O–H groups in total. The van der Waals surface area contributed by atoms with Gasteiger partial charge in [-0.2, -0.15) is 5.26 Å². The number of nitrogens with two attached hydrogens (primary N) is 1. The van der Waals surface area contributed by atoms with Gasteiger partial charge >= 0.3 is 0 Å². The zero-order valence-electron chi connectivity index (χ0n) is 17.4. The van der Waals surface area contributed by atoms with Gasteiger partial charge in [-0.05, 0) is 67.6 Å². The molecule has 0 aliphatic heterocycles. The SMILES string of the molecule is CCOc1ccc(Br)cc1-c1cc(-c2ccc(Oc3ccccc3)cc2)nc(N)c1C#N. The van der Waals surface area contributed by atoms with Gasteiger partial charge in [0, 0.05) is 21.2 Å². The van der Waals surface area contributed by atoms with Gasteiger partial charge in [0.15, 0.2) is 0 Å². The van der Waals surface area contributed by atoms with E-state index >= 15 is 0 Å². The first-order valence-electron chi connectivity index (χ1n) is 10.1. The molecule has 0 fully saturated rings. The monoisotopic (exact) mass is 485 g/mol. The van der Waals surface area contributed by atoms with E-state index in [4.69, 9.17) is 15.2 Å². The lowest BCUT2D eigenvalue weighted by Crippen LogP contribution is -2.01. The Bertz CT molecular complexity index is 1280. The quantitative estimate of drug-likeness (QED) is 0.323. The average Bonchev–Trinajstić information content (AvgIpc) is 2.81. The number of para-hydroxylation sites is 1. The van der Waals surface area contributed by atoms with E-state index < -0.39 is 0 Å². The topological polar surface area (TPSA) is 81.2 Å². The van der Waals surface area contributed by atoms with E-state index in [0.717, 1.165) is 21.3 Å². The predicted molar refractivity (Wildman–Crippen MR) is 130 cm³/mol. The summed E-state index contributed by atoms with van der Waals surface area (Å²) < 4.78 is 12.5. The fourth-order valence-corrected chi connectivity index (χ4v) is 3.72. The highest BCUT2D eigenvalue weighted by atomic mass is 79.9. The molecular weight excluding hydrogens is 466 g/mol. The van der Waals surface area contributed by atoms with Crippen LogP contribution in [-0.4, -0.2) is 11.6 Å². The molecule has 0 atom stereocenters. The van der Waals surface area contributed by atoms with Crippen LogP contribution in [0, 0.1) is 11.3 Å². The standard InChI is InChI=1S/C26H20BrN3O2/c1-2-31-25-13-10-18(27)14-22(25)21-15-24(30-26(29)23(21)16-28)17-8-11-20(12-9-17)32-19-6-4-3-5-7-19/h3-15H,2H2,1H3,(H2,29,30). The summed E-state index contributed by atoms with van der Waals surface area (Å²) >= 11 is 3.51. The highest BCUT2D eigenvalue weighted by molar-refractivity contribution is 9.10. The number of nitrogens with zero attached hydrogens (tertiary/aromatic N) is 2. The molecule has 3 aromatic carbocycles. The van der Waals surface area contributed by atoms with Crippen molar-refractivity contribution in [2.75, 3.05) is 12.3 Å². The largest absolute Gasteiger partial charge is 0.493 e. The lowest BCUT2D eigenvalue weighted by atomic mass is 9.97. The van der Waals surface area contributed by atoms with Crippen molar-refractivity contribution in [2.24, 2.45) is 0 Å². The third-order valence-electron chi connectivity index (χ3n) is 4.82. The number of nitrogen functional groups attached to an aromatic ring is 1. The number of nitriles is 1. The normalized spacial score (nSPS) is 10.4. The van der Waals surface area contributed by atoms with E-state index in [0.29, 0.717) is 34.9 Å². The van der Waals surface area contributed by atoms with Gasteiger partial charge in [-0.25, -0.2) is 4.98 Å². The van der Waals surface area contributed by atoms with E-state index in [1.54, 1.807) is 0 Å². The number of aromatic nitrogens is 1. The summed E-state index contributed by atoms with van der Waals surface area (Å²) in [6, 6.07) is 26.9. The van der Waals surface area contributed by atoms with Crippen molar-refractivity contribution in [3.8, 4) is 45.7 Å². The third kappa shape index (κ3) is 4.58. The first-order chi connectivity index (χ1) is 15.6. The van der Waals surface area contributed by atoms with E-state index in [1.165, 1.54) is 0 Å². The van der Waals surface area contributed by atoms with E-state index in [1.807, 2.05) is 85.8 Å². The Labute approximate surface area is 195 Å². The second-order valence-electron chi connectivity index (χ2n) is 6.94. The molecule has 0 aliphatic rings. The van der Waals surface area contributed by atoms with Crippen molar-refractivity contribution in [2.45, 2.75) is 6.92 Å². The second-order valence-corrected chi connectivity index (χ2v) is 7.86. The van der Waals surface area contributed by atoms with Crippen LogP contribution >= 0.6 is 15.9 Å². The molecule has 1 aromatic heterocycles. The van der Waals surface area contributed by atoms with Crippen LogP contribution in [0.4, 0.5) is 5.82 Å². The number of rotatable bonds is 6. The maximum atomic E-state index is 9.75. The summed E-state index contributed by atoms with van der Waals surface area (Å²) in [6.45, 7) is 2.43. The van der Waals surface area contributed by atoms with E-state index in [-0.39, 0.29) is 5.82 Å². The molecule has 1 heterocycles. The highest BCUT2D eigenvalue weighted by Gasteiger charge is 2.17. The Morgan fingerprint density at radius 1 is 0.938 bits per heavy atom. The van der Waals surface area contributed by atoms with Crippen molar-refractivity contribution in [1.29, 1.82) is 5.26 Å². The van der Waals surface area contributed by atoms with Gasteiger partial charge < -0.3 is 15.2 Å². The number of ether oxygens (including phenoxy) is 2. The van der Waals surface area contributed by atoms with Crippen LogP contribution in [0.3, 0.4) is 0 Å². The summed E-state index contributed by atoms with van der Waals surface area (Å²) in [7, 11) is 0. The van der Waals surface area contributed by atoms with Crippen molar-refractivity contribution < 1.29 is 9.47 Å². The lowest BCUT2D eigenvalue weighted by Gasteiger charge is -2.15. The molecule has 4 rings (SSSR count). The second kappa shape index (κ2) is 9.54. The fourth-order valence-electron chi connectivity index (χ4n) is 3.36. The zero-order chi connectivity index (χ0) is 22.5. The molecule has 4 aromatic rings. The molecule has 0 bridgehead atoms. The van der Waals surface area contributed by atoms with E-state index in [2.05, 4.69) is 27.0 Å². The molecule has 0 radical (unpaired) electrons. The molecule has 6 heteroatoms. The number of benzene rings is 3. The summed E-state index contributed by atoms with van der Waals surface area (Å²) in [5, 5.41) is 9.75. The number of halogens is 1. The summed E-state index contributed by atoms with van der Waals surface area (Å²) in [5.74, 6) is 2.33. The molecule has 0 amide bonds. The summed E-state index contributed by atoms with van der Waals surface area (Å²) in [5.41, 5.74) is 9.47. The Kier molecular flexibility index (Phi) is 6.39. The molecule has 5 nitrogen and oxygen atoms in total. The number of anilines is 1. The predicted octanol–water partition coefficient (Wildman–Crippen LogP) is 6.82. The minimum absolute atomic E-state index is 0.173. The van der Waals surface area contributed by atoms with Crippen molar-refractivity contribution >= 4 is 21.7 Å². The molecule has 0 unspecified atom stereocenters. The minimum Gasteiger partial charge on any atom is -0.493 e. The third-order valence-corrected chi connectivity index (χ3v) is 5.31. The maximum absolute atomic E-state index is 9.75. The van der Waals surface area contributed by atoms with Crippen LogP contribution in [0.2, 0.25) is 0 Å². The van der Waals surface area contributed by atoms with Gasteiger partial charge in [0.1, 0.15) is 34.7 Å². The number of pyridine rings is 1. The molecule has 158 valence electrons. The first-order valence-corrected chi connectivity index (χ1v) is 10.8. The van der Waals surface area contributed by atoms with Gasteiger partial charge in [-0.3, -0.25) is 0 Å². The average molecular weight is 486 g/mol. The summed E-state index contributed by atoms with van der Waals surface area (Å²) in [4.78, 5) is 4.47. The fraction of sp³-hybridized carbons (Fsp3) is 0.0769. The van der Waals surface area contributed by atoms with Crippen LogP contribution in [0.5, 0.6) is 17.2 Å². The first kappa shape index (κ1) is 21.4.